The first-order valence-electron chi connectivity index (χ1n) is 14.7. The Kier molecular flexibility index (Phi) is 12.1. The SMILES string of the molecule is C[C@@H]1CCCCO[C@H](CN(C)S(=O)(=O)c2cccs2)[C@@H](C)CN([C@H](C)CO)C(=O)c2cc(NS(=O)(=O)c3cccs3)ccc2O1. The van der Waals surface area contributed by atoms with E-state index in [0.717, 1.165) is 35.5 Å². The van der Waals surface area contributed by atoms with Gasteiger partial charge in [0.2, 0.25) is 0 Å². The van der Waals surface area contributed by atoms with Crippen molar-refractivity contribution in [2.24, 2.45) is 5.92 Å². The first kappa shape index (κ1) is 35.3. The molecule has 1 aliphatic rings. The molecule has 0 bridgehead atoms. The van der Waals surface area contributed by atoms with Crippen molar-refractivity contribution in [1.29, 1.82) is 0 Å². The minimum absolute atomic E-state index is 0.0711. The number of sulfonamides is 2. The van der Waals surface area contributed by atoms with Gasteiger partial charge in [0.05, 0.1) is 30.4 Å². The first-order valence-corrected chi connectivity index (χ1v) is 19.4. The number of nitrogens with zero attached hydrogens (tertiary/aromatic N) is 2. The summed E-state index contributed by atoms with van der Waals surface area (Å²) in [6.07, 6.45) is 1.37. The van der Waals surface area contributed by atoms with Crippen molar-refractivity contribution in [1.82, 2.24) is 9.21 Å². The fourth-order valence-corrected chi connectivity index (χ4v) is 9.41. The molecule has 15 heteroatoms. The predicted molar refractivity (Wildman–Crippen MR) is 176 cm³/mol. The minimum atomic E-state index is -3.87. The van der Waals surface area contributed by atoms with Gasteiger partial charge in [-0.25, -0.2) is 16.8 Å². The Bertz CT molecular complexity index is 1610. The molecule has 3 aromatic rings. The number of rotatable bonds is 9. The molecule has 0 spiro atoms. The molecule has 0 unspecified atom stereocenters. The Hall–Kier alpha value is -2.53. The number of anilines is 1. The van der Waals surface area contributed by atoms with Gasteiger partial charge in [-0.15, -0.1) is 22.7 Å². The summed E-state index contributed by atoms with van der Waals surface area (Å²) in [6, 6.07) is 10.4. The van der Waals surface area contributed by atoms with Crippen LogP contribution in [0.25, 0.3) is 0 Å². The molecule has 2 aromatic heterocycles. The Morgan fingerprint density at radius 3 is 2.40 bits per heavy atom. The first-order chi connectivity index (χ1) is 21.3. The van der Waals surface area contributed by atoms with Gasteiger partial charge in [0.1, 0.15) is 14.2 Å². The van der Waals surface area contributed by atoms with E-state index in [1.807, 2.05) is 13.8 Å². The average Bonchev–Trinajstić information content (AvgIpc) is 3.74. The second-order valence-corrected chi connectivity index (χ2v) is 17.3. The van der Waals surface area contributed by atoms with Crippen LogP contribution in [0.2, 0.25) is 0 Å². The molecule has 4 rings (SSSR count). The second-order valence-electron chi connectivity index (χ2n) is 11.3. The normalized spacial score (nSPS) is 21.5. The lowest BCUT2D eigenvalue weighted by Crippen LogP contribution is -2.48. The lowest BCUT2D eigenvalue weighted by molar-refractivity contribution is -0.00832. The summed E-state index contributed by atoms with van der Waals surface area (Å²) in [7, 11) is -6.08. The lowest BCUT2D eigenvalue weighted by atomic mass is 10.0. The van der Waals surface area contributed by atoms with Crippen LogP contribution in [0, 0.1) is 5.92 Å². The number of carbonyl (C=O) groups is 1. The quantitative estimate of drug-likeness (QED) is 0.327. The van der Waals surface area contributed by atoms with Crippen LogP contribution in [-0.2, 0) is 24.8 Å². The third-order valence-electron chi connectivity index (χ3n) is 7.66. The number of nitrogens with one attached hydrogen (secondary N) is 1. The van der Waals surface area contributed by atoms with E-state index in [9.17, 15) is 26.7 Å². The Balaban J connectivity index is 1.67. The molecule has 0 fully saturated rings. The minimum Gasteiger partial charge on any atom is -0.490 e. The highest BCUT2D eigenvalue weighted by atomic mass is 32.3. The summed E-state index contributed by atoms with van der Waals surface area (Å²) in [5.74, 6) is -0.491. The van der Waals surface area contributed by atoms with Crippen molar-refractivity contribution >= 4 is 54.3 Å². The molecule has 0 aliphatic carbocycles. The van der Waals surface area contributed by atoms with Gasteiger partial charge in [0.25, 0.3) is 26.0 Å². The van der Waals surface area contributed by atoms with Gasteiger partial charge >= 0.3 is 0 Å². The van der Waals surface area contributed by atoms with Crippen LogP contribution in [0.3, 0.4) is 0 Å². The number of carbonyl (C=O) groups excluding carboxylic acids is 1. The van der Waals surface area contributed by atoms with E-state index < -0.39 is 38.1 Å². The maximum atomic E-state index is 14.3. The van der Waals surface area contributed by atoms with Crippen molar-refractivity contribution in [3.05, 3.63) is 58.8 Å². The number of aliphatic hydroxyl groups is 1. The van der Waals surface area contributed by atoms with Crippen molar-refractivity contribution in [2.75, 3.05) is 38.1 Å². The van der Waals surface area contributed by atoms with Crippen molar-refractivity contribution < 1.29 is 36.2 Å². The van der Waals surface area contributed by atoms with Gasteiger partial charge in [-0.2, -0.15) is 4.31 Å². The number of thiophene rings is 2. The van der Waals surface area contributed by atoms with Gasteiger partial charge < -0.3 is 19.5 Å². The Morgan fingerprint density at radius 1 is 1.07 bits per heavy atom. The summed E-state index contributed by atoms with van der Waals surface area (Å²) in [5.41, 5.74) is 0.340. The van der Waals surface area contributed by atoms with E-state index in [-0.39, 0.29) is 51.4 Å². The standard InChI is InChI=1S/C30H41N3O8S4/c1-21-18-33(22(2)20-34)30(35)25-17-24(31-44(36,37)28-10-7-15-42-28)12-13-26(25)41-23(3)9-5-6-14-40-27(21)19-32(4)45(38,39)29-11-8-16-43-29/h7-8,10-13,15-17,21-23,27,31,34H,5-6,9,14,18-20H2,1-4H3/t21-,22+,23+,27+/m0/s1. The summed E-state index contributed by atoms with van der Waals surface area (Å²) in [4.78, 5) is 15.8. The summed E-state index contributed by atoms with van der Waals surface area (Å²) in [6.45, 7) is 5.79. The molecule has 0 saturated heterocycles. The van der Waals surface area contributed by atoms with Crippen LogP contribution in [0.5, 0.6) is 5.75 Å². The maximum absolute atomic E-state index is 14.3. The highest BCUT2D eigenvalue weighted by Gasteiger charge is 2.33. The van der Waals surface area contributed by atoms with Crippen LogP contribution in [-0.4, -0.2) is 88.7 Å². The fraction of sp³-hybridized carbons (Fsp3) is 0.500. The zero-order valence-electron chi connectivity index (χ0n) is 25.8. The third-order valence-corrected chi connectivity index (χ3v) is 13.6. The molecule has 45 heavy (non-hydrogen) atoms. The number of ether oxygens (including phenoxy) is 2. The number of hydrogen-bond acceptors (Lipinski definition) is 10. The molecular weight excluding hydrogens is 659 g/mol. The highest BCUT2D eigenvalue weighted by molar-refractivity contribution is 7.94. The topological polar surface area (TPSA) is 143 Å². The number of hydrogen-bond donors (Lipinski definition) is 2. The van der Waals surface area contributed by atoms with Gasteiger partial charge in [-0.05, 0) is 74.2 Å². The molecule has 1 aliphatic heterocycles. The summed E-state index contributed by atoms with van der Waals surface area (Å²) >= 11 is 2.22. The van der Waals surface area contributed by atoms with Crippen molar-refractivity contribution in [2.45, 2.75) is 66.7 Å². The van der Waals surface area contributed by atoms with Crippen LogP contribution in [0.4, 0.5) is 5.69 Å². The Labute approximate surface area is 273 Å². The van der Waals surface area contributed by atoms with E-state index in [1.54, 1.807) is 48.0 Å². The third kappa shape index (κ3) is 8.84. The van der Waals surface area contributed by atoms with Gasteiger partial charge in [0.15, 0.2) is 0 Å². The maximum Gasteiger partial charge on any atom is 0.271 e. The number of aliphatic hydroxyl groups excluding tert-OH is 1. The zero-order chi connectivity index (χ0) is 32.8. The van der Waals surface area contributed by atoms with Crippen LogP contribution in [0.15, 0.2) is 61.6 Å². The van der Waals surface area contributed by atoms with Crippen LogP contribution >= 0.6 is 22.7 Å². The van der Waals surface area contributed by atoms with E-state index >= 15 is 0 Å². The van der Waals surface area contributed by atoms with E-state index in [2.05, 4.69) is 4.72 Å². The van der Waals surface area contributed by atoms with Gasteiger partial charge in [-0.3, -0.25) is 9.52 Å². The monoisotopic (exact) mass is 699 g/mol. The molecule has 248 valence electrons. The molecule has 11 nitrogen and oxygen atoms in total. The van der Waals surface area contributed by atoms with Crippen molar-refractivity contribution in [3.8, 4) is 5.75 Å². The summed E-state index contributed by atoms with van der Waals surface area (Å²) < 4.78 is 69.0. The molecule has 0 radical (unpaired) electrons. The van der Waals surface area contributed by atoms with E-state index in [4.69, 9.17) is 9.47 Å². The summed E-state index contributed by atoms with van der Waals surface area (Å²) in [5, 5.41) is 13.5. The van der Waals surface area contributed by atoms with E-state index in [1.165, 1.54) is 28.4 Å². The number of likely N-dealkylation sites (N-methyl/N-ethyl adjacent to an activating group) is 1. The van der Waals surface area contributed by atoms with Crippen molar-refractivity contribution in [3.63, 3.8) is 0 Å². The molecule has 0 saturated carbocycles. The van der Waals surface area contributed by atoms with Crippen LogP contribution in [0.1, 0.15) is 50.4 Å². The molecule has 2 N–H and O–H groups in total. The lowest BCUT2D eigenvalue weighted by Gasteiger charge is -2.35. The average molecular weight is 700 g/mol. The predicted octanol–water partition coefficient (Wildman–Crippen LogP) is 4.73. The fourth-order valence-electron chi connectivity index (χ4n) is 4.99. The number of amides is 1. The highest BCUT2D eigenvalue weighted by Crippen LogP contribution is 2.30. The zero-order valence-corrected chi connectivity index (χ0v) is 29.1. The largest absolute Gasteiger partial charge is 0.490 e. The molecule has 1 aromatic carbocycles. The number of benzene rings is 1. The van der Waals surface area contributed by atoms with Gasteiger partial charge in [0, 0.05) is 38.3 Å². The van der Waals surface area contributed by atoms with Gasteiger partial charge in [-0.1, -0.05) is 19.1 Å². The number of fused-ring (bicyclic) bond motifs is 1. The molecular formula is C30H41N3O8S4. The second kappa shape index (κ2) is 15.4. The molecule has 3 heterocycles. The molecule has 1 amide bonds. The molecule has 4 atom stereocenters. The van der Waals surface area contributed by atoms with Crippen LogP contribution < -0.4 is 9.46 Å². The Morgan fingerprint density at radius 2 is 1.76 bits per heavy atom. The van der Waals surface area contributed by atoms with E-state index in [0.29, 0.717) is 18.8 Å². The smallest absolute Gasteiger partial charge is 0.271 e.